The molecule has 116 valence electrons. The summed E-state index contributed by atoms with van der Waals surface area (Å²) in [6.45, 7) is -0.121. The molecule has 0 atom stereocenters. The first-order valence-electron chi connectivity index (χ1n) is 7.11. The molecule has 3 aromatic rings. The molecule has 23 heavy (non-hydrogen) atoms. The van der Waals surface area contributed by atoms with Crippen LogP contribution in [0.15, 0.2) is 48.8 Å². The summed E-state index contributed by atoms with van der Waals surface area (Å²) in [6.07, 6.45) is 1.51. The van der Waals surface area contributed by atoms with Crippen LogP contribution in [0.3, 0.4) is 0 Å². The quantitative estimate of drug-likeness (QED) is 0.660. The van der Waals surface area contributed by atoms with Gasteiger partial charge in [-0.1, -0.05) is 42.5 Å². The molecule has 3 N–H and O–H groups in total. The van der Waals surface area contributed by atoms with Gasteiger partial charge in [0.25, 0.3) is 0 Å². The number of hydrogen-bond acceptors (Lipinski definition) is 4. The van der Waals surface area contributed by atoms with Crippen LogP contribution < -0.4 is 10.6 Å². The second-order valence-electron chi connectivity index (χ2n) is 4.97. The van der Waals surface area contributed by atoms with Gasteiger partial charge < -0.3 is 5.32 Å². The van der Waals surface area contributed by atoms with Crippen molar-refractivity contribution in [3.05, 3.63) is 54.4 Å². The molecule has 0 radical (unpaired) electrons. The Morgan fingerprint density at radius 1 is 1.04 bits per heavy atom. The number of H-pyrrole nitrogens is 1. The monoisotopic (exact) mass is 309 g/mol. The molecule has 0 saturated heterocycles. The Morgan fingerprint density at radius 3 is 2.70 bits per heavy atom. The van der Waals surface area contributed by atoms with E-state index < -0.39 is 0 Å². The van der Waals surface area contributed by atoms with Gasteiger partial charge in [-0.2, -0.15) is 10.1 Å². The molecule has 0 fully saturated rings. The first-order chi connectivity index (χ1) is 11.2. The Balaban J connectivity index is 1.57. The topological polar surface area (TPSA) is 99.8 Å². The number of fused-ring (bicyclic) bond motifs is 1. The molecule has 7 heteroatoms. The highest BCUT2D eigenvalue weighted by molar-refractivity contribution is 5.94. The third-order valence-corrected chi connectivity index (χ3v) is 3.35. The van der Waals surface area contributed by atoms with E-state index in [-0.39, 0.29) is 30.7 Å². The zero-order valence-corrected chi connectivity index (χ0v) is 12.2. The maximum absolute atomic E-state index is 12.0. The minimum absolute atomic E-state index is 0.121. The second kappa shape index (κ2) is 6.69. The number of benzene rings is 2. The van der Waals surface area contributed by atoms with E-state index in [9.17, 15) is 9.59 Å². The van der Waals surface area contributed by atoms with E-state index in [0.717, 1.165) is 16.3 Å². The summed E-state index contributed by atoms with van der Waals surface area (Å²) in [5.74, 6) is -0.333. The normalized spacial score (nSPS) is 10.4. The number of nitrogens with one attached hydrogen (secondary N) is 3. The molecule has 3 rings (SSSR count). The van der Waals surface area contributed by atoms with Gasteiger partial charge in [-0.3, -0.25) is 14.9 Å². The van der Waals surface area contributed by atoms with Crippen molar-refractivity contribution >= 4 is 28.5 Å². The summed E-state index contributed by atoms with van der Waals surface area (Å²) in [7, 11) is 0. The van der Waals surface area contributed by atoms with Gasteiger partial charge in [0.1, 0.15) is 6.33 Å². The first-order valence-corrected chi connectivity index (χ1v) is 7.11. The molecule has 0 unspecified atom stereocenters. The molecular weight excluding hydrogens is 294 g/mol. The molecule has 0 saturated carbocycles. The van der Waals surface area contributed by atoms with Gasteiger partial charge in [0.2, 0.25) is 17.8 Å². The average Bonchev–Trinajstić information content (AvgIpc) is 3.06. The zero-order valence-electron chi connectivity index (χ0n) is 12.2. The lowest BCUT2D eigenvalue weighted by Crippen LogP contribution is -2.34. The molecule has 7 nitrogen and oxygen atoms in total. The maximum Gasteiger partial charge on any atom is 0.246 e. The molecule has 2 aromatic carbocycles. The fraction of sp³-hybridized carbons (Fsp3) is 0.125. The number of anilines is 1. The van der Waals surface area contributed by atoms with Crippen molar-refractivity contribution in [3.8, 4) is 0 Å². The van der Waals surface area contributed by atoms with E-state index in [1.165, 1.54) is 6.33 Å². The minimum atomic E-state index is -0.368. The Hall–Kier alpha value is -3.22. The third kappa shape index (κ3) is 3.70. The summed E-state index contributed by atoms with van der Waals surface area (Å²) in [4.78, 5) is 27.5. The number of aromatic nitrogens is 3. The number of amides is 2. The number of carbonyl (C=O) groups is 2. The highest BCUT2D eigenvalue weighted by Crippen LogP contribution is 2.18. The largest absolute Gasteiger partial charge is 0.347 e. The molecule has 2 amide bonds. The van der Waals surface area contributed by atoms with Crippen LogP contribution in [0.2, 0.25) is 0 Å². The summed E-state index contributed by atoms with van der Waals surface area (Å²) >= 11 is 0. The van der Waals surface area contributed by atoms with Crippen molar-refractivity contribution < 1.29 is 9.59 Å². The van der Waals surface area contributed by atoms with Crippen LogP contribution in [0.4, 0.5) is 5.95 Å². The molecule has 1 heterocycles. The molecule has 1 aromatic heterocycles. The summed E-state index contributed by atoms with van der Waals surface area (Å²) in [5, 5.41) is 13.3. The molecular formula is C16H15N5O2. The van der Waals surface area contributed by atoms with Crippen LogP contribution in [0, 0.1) is 0 Å². The number of rotatable bonds is 5. The molecule has 0 aliphatic carbocycles. The fourth-order valence-corrected chi connectivity index (χ4v) is 2.30. The van der Waals surface area contributed by atoms with Crippen molar-refractivity contribution in [1.82, 2.24) is 20.5 Å². The molecule has 0 bridgehead atoms. The van der Waals surface area contributed by atoms with Gasteiger partial charge in [-0.05, 0) is 16.3 Å². The van der Waals surface area contributed by atoms with E-state index in [4.69, 9.17) is 0 Å². The van der Waals surface area contributed by atoms with Crippen molar-refractivity contribution in [2.24, 2.45) is 0 Å². The lowest BCUT2D eigenvalue weighted by Gasteiger charge is -2.07. The van der Waals surface area contributed by atoms with E-state index in [1.54, 1.807) is 0 Å². The van der Waals surface area contributed by atoms with Crippen LogP contribution in [0.5, 0.6) is 0 Å². The number of aromatic amines is 1. The lowest BCUT2D eigenvalue weighted by molar-refractivity contribution is -0.123. The van der Waals surface area contributed by atoms with Gasteiger partial charge in [0.15, 0.2) is 0 Å². The third-order valence-electron chi connectivity index (χ3n) is 3.35. The number of carbonyl (C=O) groups excluding carboxylic acids is 2. The van der Waals surface area contributed by atoms with Crippen LogP contribution >= 0.6 is 0 Å². The van der Waals surface area contributed by atoms with Crippen LogP contribution in [-0.4, -0.2) is 33.5 Å². The molecule has 0 spiro atoms. The fourth-order valence-electron chi connectivity index (χ4n) is 2.30. The van der Waals surface area contributed by atoms with E-state index in [0.29, 0.717) is 0 Å². The van der Waals surface area contributed by atoms with Crippen molar-refractivity contribution in [2.75, 3.05) is 11.9 Å². The summed E-state index contributed by atoms with van der Waals surface area (Å²) < 4.78 is 0. The van der Waals surface area contributed by atoms with Crippen molar-refractivity contribution in [3.63, 3.8) is 0 Å². The van der Waals surface area contributed by atoms with E-state index in [2.05, 4.69) is 25.8 Å². The second-order valence-corrected chi connectivity index (χ2v) is 4.97. The molecule has 0 aliphatic rings. The lowest BCUT2D eigenvalue weighted by atomic mass is 10.0. The predicted molar refractivity (Wildman–Crippen MR) is 85.7 cm³/mol. The van der Waals surface area contributed by atoms with Crippen LogP contribution in [0.1, 0.15) is 5.56 Å². The van der Waals surface area contributed by atoms with Crippen molar-refractivity contribution in [1.29, 1.82) is 0 Å². The summed E-state index contributed by atoms with van der Waals surface area (Å²) in [5.41, 5.74) is 0.927. The van der Waals surface area contributed by atoms with Gasteiger partial charge in [0.05, 0.1) is 13.0 Å². The highest BCUT2D eigenvalue weighted by Gasteiger charge is 2.09. The van der Waals surface area contributed by atoms with Crippen LogP contribution in [0.25, 0.3) is 10.8 Å². The first kappa shape index (κ1) is 14.7. The van der Waals surface area contributed by atoms with E-state index in [1.807, 2.05) is 42.5 Å². The molecule has 0 aliphatic heterocycles. The SMILES string of the molecule is O=C(Cc1cccc2ccccc12)NCC(=O)Nc1ncn[nH]1. The van der Waals surface area contributed by atoms with Gasteiger partial charge in [0, 0.05) is 0 Å². The van der Waals surface area contributed by atoms with Gasteiger partial charge in [-0.25, -0.2) is 5.10 Å². The van der Waals surface area contributed by atoms with Gasteiger partial charge >= 0.3 is 0 Å². The van der Waals surface area contributed by atoms with E-state index >= 15 is 0 Å². The Kier molecular flexibility index (Phi) is 4.28. The standard InChI is InChI=1S/C16H15N5O2/c22-14(17-9-15(23)20-16-18-10-19-21-16)8-12-6-3-5-11-4-1-2-7-13(11)12/h1-7,10H,8-9H2,(H,17,22)(H2,18,19,20,21,23). The number of hydrogen-bond donors (Lipinski definition) is 3. The number of nitrogens with zero attached hydrogens (tertiary/aromatic N) is 2. The average molecular weight is 309 g/mol. The minimum Gasteiger partial charge on any atom is -0.347 e. The maximum atomic E-state index is 12.0. The van der Waals surface area contributed by atoms with Crippen molar-refractivity contribution in [2.45, 2.75) is 6.42 Å². The Bertz CT molecular complexity index is 824. The van der Waals surface area contributed by atoms with Gasteiger partial charge in [-0.15, -0.1) is 0 Å². The predicted octanol–water partition coefficient (Wildman–Crippen LogP) is 1.26. The summed E-state index contributed by atoms with van der Waals surface area (Å²) in [6, 6.07) is 13.7. The Morgan fingerprint density at radius 2 is 1.87 bits per heavy atom. The smallest absolute Gasteiger partial charge is 0.246 e. The van der Waals surface area contributed by atoms with Crippen LogP contribution in [-0.2, 0) is 16.0 Å². The Labute approximate surface area is 132 Å². The highest BCUT2D eigenvalue weighted by atomic mass is 16.2. The zero-order chi connectivity index (χ0) is 16.1.